The van der Waals surface area contributed by atoms with Gasteiger partial charge in [-0.05, 0) is 19.1 Å². The van der Waals surface area contributed by atoms with Crippen LogP contribution in [0.3, 0.4) is 0 Å². The van der Waals surface area contributed by atoms with E-state index in [-0.39, 0.29) is 5.75 Å². The van der Waals surface area contributed by atoms with E-state index in [1.165, 1.54) is 11.3 Å². The molecular formula is C17H15N3OS. The van der Waals surface area contributed by atoms with Crippen molar-refractivity contribution in [2.24, 2.45) is 5.10 Å². The van der Waals surface area contributed by atoms with Gasteiger partial charge in [-0.3, -0.25) is 5.43 Å². The van der Waals surface area contributed by atoms with Gasteiger partial charge < -0.3 is 5.11 Å². The highest BCUT2D eigenvalue weighted by Crippen LogP contribution is 2.24. The molecule has 0 bridgehead atoms. The van der Waals surface area contributed by atoms with E-state index in [0.29, 0.717) is 0 Å². The molecule has 0 spiro atoms. The maximum atomic E-state index is 9.49. The summed E-state index contributed by atoms with van der Waals surface area (Å²) in [5, 5.41) is 16.5. The number of thiazole rings is 1. The molecule has 1 aromatic heterocycles. The normalized spacial score (nSPS) is 11.4. The van der Waals surface area contributed by atoms with Crippen molar-refractivity contribution in [3.05, 3.63) is 65.5 Å². The smallest absolute Gasteiger partial charge is 0.203 e. The summed E-state index contributed by atoms with van der Waals surface area (Å²) in [5.41, 5.74) is 6.63. The van der Waals surface area contributed by atoms with Crippen molar-refractivity contribution in [1.82, 2.24) is 4.98 Å². The van der Waals surface area contributed by atoms with Crippen LogP contribution >= 0.6 is 11.3 Å². The SMILES string of the molecule is C/C(=N\Nc1nc(-c2ccccc2)cs1)c1cccc(O)c1. The Bertz CT molecular complexity index is 796. The zero-order chi connectivity index (χ0) is 15.4. The number of anilines is 1. The lowest BCUT2D eigenvalue weighted by atomic mass is 10.1. The molecule has 5 heteroatoms. The number of hydrogen-bond acceptors (Lipinski definition) is 5. The average Bonchev–Trinajstić information content (AvgIpc) is 3.02. The number of aromatic hydroxyl groups is 1. The molecule has 3 rings (SSSR count). The molecule has 0 aliphatic rings. The Morgan fingerprint density at radius 2 is 1.95 bits per heavy atom. The van der Waals surface area contributed by atoms with E-state index in [1.807, 2.05) is 48.7 Å². The number of aromatic nitrogens is 1. The Kier molecular flexibility index (Phi) is 4.16. The van der Waals surface area contributed by atoms with Crippen molar-refractivity contribution in [2.45, 2.75) is 6.92 Å². The van der Waals surface area contributed by atoms with Crippen molar-refractivity contribution in [3.63, 3.8) is 0 Å². The topological polar surface area (TPSA) is 57.5 Å². The van der Waals surface area contributed by atoms with Gasteiger partial charge in [0.15, 0.2) is 0 Å². The summed E-state index contributed by atoms with van der Waals surface area (Å²) in [5.74, 6) is 0.229. The highest BCUT2D eigenvalue weighted by Gasteiger charge is 2.04. The van der Waals surface area contributed by atoms with Crippen LogP contribution in [0.25, 0.3) is 11.3 Å². The van der Waals surface area contributed by atoms with Gasteiger partial charge in [-0.1, -0.05) is 42.5 Å². The van der Waals surface area contributed by atoms with Gasteiger partial charge in [0.25, 0.3) is 0 Å². The molecular weight excluding hydrogens is 294 g/mol. The zero-order valence-corrected chi connectivity index (χ0v) is 12.8. The van der Waals surface area contributed by atoms with Crippen molar-refractivity contribution in [1.29, 1.82) is 0 Å². The van der Waals surface area contributed by atoms with Crippen LogP contribution in [0.1, 0.15) is 12.5 Å². The van der Waals surface area contributed by atoms with E-state index >= 15 is 0 Å². The van der Waals surface area contributed by atoms with Crippen LogP contribution < -0.4 is 5.43 Å². The van der Waals surface area contributed by atoms with Crippen LogP contribution in [0.15, 0.2) is 65.1 Å². The molecule has 0 amide bonds. The van der Waals surface area contributed by atoms with Gasteiger partial charge in [-0.15, -0.1) is 11.3 Å². The Morgan fingerprint density at radius 3 is 2.73 bits per heavy atom. The summed E-state index contributed by atoms with van der Waals surface area (Å²) in [6.07, 6.45) is 0. The summed E-state index contributed by atoms with van der Waals surface area (Å²) in [6, 6.07) is 17.0. The number of rotatable bonds is 4. The van der Waals surface area contributed by atoms with Gasteiger partial charge in [-0.2, -0.15) is 5.10 Å². The third-order valence-corrected chi connectivity index (χ3v) is 3.90. The molecule has 2 aromatic carbocycles. The van der Waals surface area contributed by atoms with Crippen LogP contribution in [-0.2, 0) is 0 Å². The minimum Gasteiger partial charge on any atom is -0.508 e. The Hall–Kier alpha value is -2.66. The summed E-state index contributed by atoms with van der Waals surface area (Å²) >= 11 is 1.51. The van der Waals surface area contributed by atoms with Gasteiger partial charge in [-0.25, -0.2) is 4.98 Å². The Morgan fingerprint density at radius 1 is 1.14 bits per heavy atom. The first-order valence-electron chi connectivity index (χ1n) is 6.83. The second-order valence-corrected chi connectivity index (χ2v) is 5.62. The molecule has 0 aliphatic carbocycles. The van der Waals surface area contributed by atoms with Gasteiger partial charge in [0.05, 0.1) is 11.4 Å². The monoisotopic (exact) mass is 309 g/mol. The first-order chi connectivity index (χ1) is 10.7. The van der Waals surface area contributed by atoms with Crippen LogP contribution in [-0.4, -0.2) is 15.8 Å². The molecule has 2 N–H and O–H groups in total. The predicted octanol–water partition coefficient (Wildman–Crippen LogP) is 4.35. The van der Waals surface area contributed by atoms with Crippen LogP contribution in [0, 0.1) is 0 Å². The number of benzene rings is 2. The minimum absolute atomic E-state index is 0.229. The van der Waals surface area contributed by atoms with E-state index in [0.717, 1.165) is 27.7 Å². The minimum atomic E-state index is 0.229. The second-order valence-electron chi connectivity index (χ2n) is 4.76. The third kappa shape index (κ3) is 3.32. The van der Waals surface area contributed by atoms with Gasteiger partial charge in [0.1, 0.15) is 5.75 Å². The van der Waals surface area contributed by atoms with Gasteiger partial charge >= 0.3 is 0 Å². The lowest BCUT2D eigenvalue weighted by Gasteiger charge is -2.01. The van der Waals surface area contributed by atoms with E-state index in [1.54, 1.807) is 18.2 Å². The summed E-state index contributed by atoms with van der Waals surface area (Å²) in [7, 11) is 0. The largest absolute Gasteiger partial charge is 0.508 e. The maximum Gasteiger partial charge on any atom is 0.203 e. The van der Waals surface area contributed by atoms with Crippen molar-refractivity contribution in [2.75, 3.05) is 5.43 Å². The molecule has 4 nitrogen and oxygen atoms in total. The lowest BCUT2D eigenvalue weighted by molar-refractivity contribution is 0.475. The number of phenolic OH excluding ortho intramolecular Hbond substituents is 1. The van der Waals surface area contributed by atoms with Crippen molar-refractivity contribution < 1.29 is 5.11 Å². The summed E-state index contributed by atoms with van der Waals surface area (Å²) in [4.78, 5) is 4.51. The zero-order valence-electron chi connectivity index (χ0n) is 12.0. The van der Waals surface area contributed by atoms with Crippen LogP contribution in [0.5, 0.6) is 5.75 Å². The van der Waals surface area contributed by atoms with E-state index in [2.05, 4.69) is 15.5 Å². The molecule has 0 fully saturated rings. The lowest BCUT2D eigenvalue weighted by Crippen LogP contribution is -1.99. The maximum absolute atomic E-state index is 9.49. The molecule has 0 saturated carbocycles. The molecule has 0 aliphatic heterocycles. The van der Waals surface area contributed by atoms with Crippen LogP contribution in [0.2, 0.25) is 0 Å². The first-order valence-corrected chi connectivity index (χ1v) is 7.71. The Balaban J connectivity index is 1.74. The number of nitrogens with one attached hydrogen (secondary N) is 1. The van der Waals surface area contributed by atoms with Gasteiger partial charge in [0.2, 0.25) is 5.13 Å². The van der Waals surface area contributed by atoms with E-state index < -0.39 is 0 Å². The fourth-order valence-electron chi connectivity index (χ4n) is 1.99. The van der Waals surface area contributed by atoms with E-state index in [9.17, 15) is 5.11 Å². The predicted molar refractivity (Wildman–Crippen MR) is 91.5 cm³/mol. The molecule has 0 atom stereocenters. The highest BCUT2D eigenvalue weighted by molar-refractivity contribution is 7.14. The standard InChI is InChI=1S/C17H15N3OS/c1-12(14-8-5-9-15(21)10-14)19-20-17-18-16(11-22-17)13-6-3-2-4-7-13/h2-11,21H,1H3,(H,18,20)/b19-12+. The molecule has 110 valence electrons. The number of hydrazone groups is 1. The fourth-order valence-corrected chi connectivity index (χ4v) is 2.66. The molecule has 0 saturated heterocycles. The Labute approximate surface area is 132 Å². The number of nitrogens with zero attached hydrogens (tertiary/aromatic N) is 2. The number of phenols is 1. The van der Waals surface area contributed by atoms with Crippen molar-refractivity contribution >= 4 is 22.2 Å². The molecule has 1 heterocycles. The molecule has 22 heavy (non-hydrogen) atoms. The third-order valence-electron chi connectivity index (χ3n) is 3.16. The molecule has 0 unspecified atom stereocenters. The van der Waals surface area contributed by atoms with Gasteiger partial charge in [0, 0.05) is 16.5 Å². The summed E-state index contributed by atoms with van der Waals surface area (Å²) in [6.45, 7) is 1.88. The first kappa shape index (κ1) is 14.3. The van der Waals surface area contributed by atoms with Crippen LogP contribution in [0.4, 0.5) is 5.13 Å². The second kappa shape index (κ2) is 6.41. The quantitative estimate of drug-likeness (QED) is 0.556. The van der Waals surface area contributed by atoms with Crippen molar-refractivity contribution in [3.8, 4) is 17.0 Å². The fraction of sp³-hybridized carbons (Fsp3) is 0.0588. The summed E-state index contributed by atoms with van der Waals surface area (Å²) < 4.78 is 0. The number of hydrogen-bond donors (Lipinski definition) is 2. The molecule has 3 aromatic rings. The molecule has 0 radical (unpaired) electrons. The van der Waals surface area contributed by atoms with E-state index in [4.69, 9.17) is 0 Å². The average molecular weight is 309 g/mol. The highest BCUT2D eigenvalue weighted by atomic mass is 32.1.